The van der Waals surface area contributed by atoms with E-state index in [-0.39, 0.29) is 0 Å². The van der Waals surface area contributed by atoms with Crippen molar-refractivity contribution in [1.29, 1.82) is 0 Å². The highest BCUT2D eigenvalue weighted by molar-refractivity contribution is 6.30. The van der Waals surface area contributed by atoms with Crippen molar-refractivity contribution >= 4 is 28.2 Å². The SMILES string of the molecule is COc1cccc2nc(Cl)cc(NC3CCN(Cc4ccccc4)CC3)c12. The van der Waals surface area contributed by atoms with Crippen molar-refractivity contribution in [3.8, 4) is 5.75 Å². The van der Waals surface area contributed by atoms with Crippen LogP contribution < -0.4 is 10.1 Å². The number of hydrogen-bond donors (Lipinski definition) is 1. The summed E-state index contributed by atoms with van der Waals surface area (Å²) in [5.41, 5.74) is 3.23. The maximum atomic E-state index is 6.25. The summed E-state index contributed by atoms with van der Waals surface area (Å²) in [6.07, 6.45) is 2.20. The van der Waals surface area contributed by atoms with Gasteiger partial charge in [0, 0.05) is 25.7 Å². The number of nitrogens with zero attached hydrogens (tertiary/aromatic N) is 2. The standard InChI is InChI=1S/C22H24ClN3O/c1-27-20-9-5-8-18-22(20)19(14-21(23)25-18)24-17-10-12-26(13-11-17)15-16-6-3-2-4-7-16/h2-9,14,17H,10-13,15H2,1H3,(H,24,25). The number of nitrogens with one attached hydrogen (secondary N) is 1. The summed E-state index contributed by atoms with van der Waals surface area (Å²) in [6.45, 7) is 3.19. The van der Waals surface area contributed by atoms with Gasteiger partial charge in [0.2, 0.25) is 0 Å². The molecule has 140 valence electrons. The first kappa shape index (κ1) is 18.1. The zero-order valence-electron chi connectivity index (χ0n) is 15.5. The molecule has 27 heavy (non-hydrogen) atoms. The molecule has 0 radical (unpaired) electrons. The zero-order chi connectivity index (χ0) is 18.6. The average molecular weight is 382 g/mol. The van der Waals surface area contributed by atoms with E-state index in [1.54, 1.807) is 7.11 Å². The highest BCUT2D eigenvalue weighted by Crippen LogP contribution is 2.34. The molecule has 1 aliphatic rings. The predicted octanol–water partition coefficient (Wildman–Crippen LogP) is 4.97. The van der Waals surface area contributed by atoms with Crippen molar-refractivity contribution in [3.05, 3.63) is 65.3 Å². The molecule has 1 fully saturated rings. The zero-order valence-corrected chi connectivity index (χ0v) is 16.2. The number of aromatic nitrogens is 1. The first-order valence-corrected chi connectivity index (χ1v) is 9.77. The van der Waals surface area contributed by atoms with Crippen LogP contribution >= 0.6 is 11.6 Å². The van der Waals surface area contributed by atoms with Crippen LogP contribution in [0.5, 0.6) is 5.75 Å². The van der Waals surface area contributed by atoms with E-state index in [4.69, 9.17) is 16.3 Å². The van der Waals surface area contributed by atoms with Crippen LogP contribution in [0.3, 0.4) is 0 Å². The van der Waals surface area contributed by atoms with E-state index in [1.165, 1.54) is 5.56 Å². The fourth-order valence-corrected chi connectivity index (χ4v) is 4.00. The lowest BCUT2D eigenvalue weighted by Crippen LogP contribution is -2.38. The van der Waals surface area contributed by atoms with Gasteiger partial charge < -0.3 is 10.1 Å². The minimum Gasteiger partial charge on any atom is -0.496 e. The average Bonchev–Trinajstić information content (AvgIpc) is 2.69. The van der Waals surface area contributed by atoms with E-state index >= 15 is 0 Å². The van der Waals surface area contributed by atoms with E-state index in [9.17, 15) is 0 Å². The van der Waals surface area contributed by atoms with Gasteiger partial charge in [0.1, 0.15) is 10.9 Å². The van der Waals surface area contributed by atoms with Crippen LogP contribution in [0.2, 0.25) is 5.15 Å². The first-order chi connectivity index (χ1) is 13.2. The Kier molecular flexibility index (Phi) is 5.46. The van der Waals surface area contributed by atoms with Gasteiger partial charge in [-0.1, -0.05) is 48.0 Å². The molecule has 2 aromatic carbocycles. The Labute approximate surface area is 165 Å². The fraction of sp³-hybridized carbons (Fsp3) is 0.318. The van der Waals surface area contributed by atoms with Crippen LogP contribution in [0.1, 0.15) is 18.4 Å². The Morgan fingerprint density at radius 2 is 1.89 bits per heavy atom. The number of hydrogen-bond acceptors (Lipinski definition) is 4. The van der Waals surface area contributed by atoms with E-state index in [0.717, 1.165) is 54.8 Å². The van der Waals surface area contributed by atoms with Crippen LogP contribution in [0.15, 0.2) is 54.6 Å². The Balaban J connectivity index is 1.46. The molecule has 1 aliphatic heterocycles. The number of pyridine rings is 1. The maximum Gasteiger partial charge on any atom is 0.131 e. The quantitative estimate of drug-likeness (QED) is 0.633. The number of fused-ring (bicyclic) bond motifs is 1. The highest BCUT2D eigenvalue weighted by atomic mass is 35.5. The summed E-state index contributed by atoms with van der Waals surface area (Å²) in [4.78, 5) is 6.95. The molecule has 0 unspecified atom stereocenters. The minimum atomic E-state index is 0.420. The maximum absolute atomic E-state index is 6.25. The molecule has 5 heteroatoms. The molecule has 0 aliphatic carbocycles. The molecule has 0 bridgehead atoms. The number of piperidine rings is 1. The van der Waals surface area contributed by atoms with Gasteiger partial charge in [-0.25, -0.2) is 4.98 Å². The van der Waals surface area contributed by atoms with Crippen molar-refractivity contribution in [1.82, 2.24) is 9.88 Å². The van der Waals surface area contributed by atoms with E-state index in [2.05, 4.69) is 45.5 Å². The van der Waals surface area contributed by atoms with E-state index in [1.807, 2.05) is 24.3 Å². The molecule has 4 rings (SSSR count). The second kappa shape index (κ2) is 8.15. The third kappa shape index (κ3) is 4.18. The van der Waals surface area contributed by atoms with Gasteiger partial charge in [0.05, 0.1) is 23.7 Å². The van der Waals surface area contributed by atoms with Gasteiger partial charge in [0.15, 0.2) is 0 Å². The number of rotatable bonds is 5. The topological polar surface area (TPSA) is 37.4 Å². The highest BCUT2D eigenvalue weighted by Gasteiger charge is 2.21. The van der Waals surface area contributed by atoms with Gasteiger partial charge in [-0.15, -0.1) is 0 Å². The summed E-state index contributed by atoms with van der Waals surface area (Å²) in [7, 11) is 1.69. The van der Waals surface area contributed by atoms with Crippen molar-refractivity contribution in [2.75, 3.05) is 25.5 Å². The van der Waals surface area contributed by atoms with Crippen molar-refractivity contribution < 1.29 is 4.74 Å². The Hall–Kier alpha value is -2.30. The number of ether oxygens (including phenoxy) is 1. The Morgan fingerprint density at radius 3 is 2.63 bits per heavy atom. The molecule has 2 heterocycles. The molecule has 4 nitrogen and oxygen atoms in total. The molecular weight excluding hydrogens is 358 g/mol. The third-order valence-corrected chi connectivity index (χ3v) is 5.37. The molecule has 1 aromatic heterocycles. The summed E-state index contributed by atoms with van der Waals surface area (Å²) in [6, 6.07) is 18.9. The second-order valence-electron chi connectivity index (χ2n) is 7.03. The van der Waals surface area contributed by atoms with Crippen LogP contribution in [0.4, 0.5) is 5.69 Å². The van der Waals surface area contributed by atoms with Gasteiger partial charge in [-0.3, -0.25) is 4.90 Å². The third-order valence-electron chi connectivity index (χ3n) is 5.18. The lowest BCUT2D eigenvalue weighted by Gasteiger charge is -2.33. The minimum absolute atomic E-state index is 0.420. The summed E-state index contributed by atoms with van der Waals surface area (Å²) < 4.78 is 5.55. The lowest BCUT2D eigenvalue weighted by atomic mass is 10.0. The van der Waals surface area contributed by atoms with Crippen molar-refractivity contribution in [2.45, 2.75) is 25.4 Å². The predicted molar refractivity (Wildman–Crippen MR) is 112 cm³/mol. The number of anilines is 1. The Bertz CT molecular complexity index is 908. The van der Waals surface area contributed by atoms with Crippen LogP contribution in [0.25, 0.3) is 10.9 Å². The van der Waals surface area contributed by atoms with Gasteiger partial charge in [-0.2, -0.15) is 0 Å². The molecule has 0 saturated carbocycles. The van der Waals surface area contributed by atoms with Crippen molar-refractivity contribution in [3.63, 3.8) is 0 Å². The molecular formula is C22H24ClN3O. The van der Waals surface area contributed by atoms with E-state index < -0.39 is 0 Å². The second-order valence-corrected chi connectivity index (χ2v) is 7.41. The lowest BCUT2D eigenvalue weighted by molar-refractivity contribution is 0.211. The molecule has 0 amide bonds. The largest absolute Gasteiger partial charge is 0.496 e. The van der Waals surface area contributed by atoms with Gasteiger partial charge in [0.25, 0.3) is 0 Å². The summed E-state index contributed by atoms with van der Waals surface area (Å²) in [5, 5.41) is 5.19. The summed E-state index contributed by atoms with van der Waals surface area (Å²) in [5.74, 6) is 0.820. The molecule has 3 aromatic rings. The van der Waals surface area contributed by atoms with Crippen LogP contribution in [-0.4, -0.2) is 36.1 Å². The monoisotopic (exact) mass is 381 g/mol. The normalized spacial score (nSPS) is 15.8. The fourth-order valence-electron chi connectivity index (χ4n) is 3.80. The van der Waals surface area contributed by atoms with Crippen LogP contribution in [0, 0.1) is 0 Å². The number of likely N-dealkylation sites (tertiary alicyclic amines) is 1. The number of halogens is 1. The van der Waals surface area contributed by atoms with Gasteiger partial charge >= 0.3 is 0 Å². The molecule has 1 saturated heterocycles. The van der Waals surface area contributed by atoms with Crippen molar-refractivity contribution in [2.24, 2.45) is 0 Å². The number of methoxy groups -OCH3 is 1. The summed E-state index contributed by atoms with van der Waals surface area (Å²) >= 11 is 6.25. The van der Waals surface area contributed by atoms with Gasteiger partial charge in [-0.05, 0) is 36.6 Å². The molecule has 1 N–H and O–H groups in total. The van der Waals surface area contributed by atoms with E-state index in [0.29, 0.717) is 11.2 Å². The smallest absolute Gasteiger partial charge is 0.131 e. The first-order valence-electron chi connectivity index (χ1n) is 9.39. The van der Waals surface area contributed by atoms with Crippen LogP contribution in [-0.2, 0) is 6.54 Å². The molecule has 0 atom stereocenters. The molecule has 0 spiro atoms. The Morgan fingerprint density at radius 1 is 1.11 bits per heavy atom. The number of benzene rings is 2.